The first-order chi connectivity index (χ1) is 16.6. The molecule has 1 saturated heterocycles. The summed E-state index contributed by atoms with van der Waals surface area (Å²) in [5.41, 5.74) is 1.78. The smallest absolute Gasteiger partial charge is 0.295 e. The highest BCUT2D eigenvalue weighted by molar-refractivity contribution is 6.46. The van der Waals surface area contributed by atoms with Gasteiger partial charge < -0.3 is 24.2 Å². The zero-order valence-electron chi connectivity index (χ0n) is 21.6. The van der Waals surface area contributed by atoms with Crippen molar-refractivity contribution >= 4 is 17.4 Å². The number of ether oxygens (including phenoxy) is 3. The summed E-state index contributed by atoms with van der Waals surface area (Å²) >= 11 is 0. The topological polar surface area (TPSA) is 85.3 Å². The highest BCUT2D eigenvalue weighted by Gasteiger charge is 2.46. The van der Waals surface area contributed by atoms with Gasteiger partial charge in [-0.2, -0.15) is 0 Å². The van der Waals surface area contributed by atoms with Gasteiger partial charge in [0.25, 0.3) is 11.7 Å². The summed E-state index contributed by atoms with van der Waals surface area (Å²) in [7, 11) is 4.67. The Labute approximate surface area is 207 Å². The summed E-state index contributed by atoms with van der Waals surface area (Å²) in [6, 6.07) is 9.82. The molecule has 1 fully saturated rings. The Kier molecular flexibility index (Phi) is 7.78. The molecule has 7 nitrogen and oxygen atoms in total. The van der Waals surface area contributed by atoms with E-state index in [2.05, 4.69) is 0 Å². The number of rotatable bonds is 8. The maximum absolute atomic E-state index is 13.3. The Balaban J connectivity index is 2.24. The highest BCUT2D eigenvalue weighted by Crippen LogP contribution is 2.43. The number of likely N-dealkylation sites (tertiary alicyclic amines) is 1. The van der Waals surface area contributed by atoms with E-state index in [1.807, 2.05) is 33.8 Å². The van der Waals surface area contributed by atoms with Crippen molar-refractivity contribution < 1.29 is 28.9 Å². The van der Waals surface area contributed by atoms with Crippen LogP contribution in [0.1, 0.15) is 63.3 Å². The van der Waals surface area contributed by atoms with Crippen LogP contribution < -0.4 is 14.2 Å². The Bertz CT molecular complexity index is 1140. The van der Waals surface area contributed by atoms with E-state index >= 15 is 0 Å². The van der Waals surface area contributed by atoms with E-state index in [1.165, 1.54) is 12.0 Å². The molecule has 35 heavy (non-hydrogen) atoms. The first kappa shape index (κ1) is 26.1. The molecule has 3 rings (SSSR count). The van der Waals surface area contributed by atoms with E-state index in [1.54, 1.807) is 44.6 Å². The van der Waals surface area contributed by atoms with E-state index in [-0.39, 0.29) is 16.7 Å². The molecule has 0 bridgehead atoms. The molecule has 2 aromatic carbocycles. The second-order valence-electron chi connectivity index (χ2n) is 9.63. The van der Waals surface area contributed by atoms with Gasteiger partial charge in [0.1, 0.15) is 11.5 Å². The molecule has 1 unspecified atom stereocenters. The summed E-state index contributed by atoms with van der Waals surface area (Å²) in [5, 5.41) is 11.4. The van der Waals surface area contributed by atoms with Crippen LogP contribution in [0.5, 0.6) is 17.2 Å². The molecule has 0 spiro atoms. The Morgan fingerprint density at radius 3 is 2.14 bits per heavy atom. The van der Waals surface area contributed by atoms with Crippen LogP contribution in [0, 0.1) is 0 Å². The van der Waals surface area contributed by atoms with E-state index in [9.17, 15) is 14.7 Å². The van der Waals surface area contributed by atoms with Gasteiger partial charge >= 0.3 is 0 Å². The Morgan fingerprint density at radius 1 is 0.943 bits per heavy atom. The number of hydrogen-bond acceptors (Lipinski definition) is 6. The molecule has 0 radical (unpaired) electrons. The fourth-order valence-corrected chi connectivity index (χ4v) is 4.41. The molecular weight excluding hydrogens is 446 g/mol. The number of benzene rings is 2. The van der Waals surface area contributed by atoms with Gasteiger partial charge in [-0.1, -0.05) is 40.2 Å². The van der Waals surface area contributed by atoms with E-state index in [0.29, 0.717) is 34.9 Å². The third kappa shape index (κ3) is 4.99. The van der Waals surface area contributed by atoms with Gasteiger partial charge in [0, 0.05) is 17.7 Å². The van der Waals surface area contributed by atoms with Crippen molar-refractivity contribution in [2.45, 2.75) is 52.0 Å². The fraction of sp³-hybridized carbons (Fsp3) is 0.429. The number of nitrogens with zero attached hydrogens (tertiary/aromatic N) is 1. The van der Waals surface area contributed by atoms with Gasteiger partial charge in [-0.05, 0) is 47.7 Å². The lowest BCUT2D eigenvalue weighted by Crippen LogP contribution is -2.30. The van der Waals surface area contributed by atoms with Crippen molar-refractivity contribution in [2.75, 3.05) is 27.9 Å². The molecule has 0 aromatic heterocycles. The number of aliphatic hydroxyl groups is 1. The summed E-state index contributed by atoms with van der Waals surface area (Å²) in [5.74, 6) is 0.164. The van der Waals surface area contributed by atoms with Crippen LogP contribution in [-0.2, 0) is 15.0 Å². The third-order valence-corrected chi connectivity index (χ3v) is 6.30. The lowest BCUT2D eigenvalue weighted by molar-refractivity contribution is -0.139. The second kappa shape index (κ2) is 10.4. The molecule has 2 aromatic rings. The number of unbranched alkanes of at least 4 members (excludes halogenated alkanes) is 1. The van der Waals surface area contributed by atoms with Crippen LogP contribution in [0.4, 0.5) is 0 Å². The molecule has 1 aliphatic heterocycles. The van der Waals surface area contributed by atoms with Crippen LogP contribution in [0.25, 0.3) is 5.76 Å². The summed E-state index contributed by atoms with van der Waals surface area (Å²) < 4.78 is 16.3. The van der Waals surface area contributed by atoms with Gasteiger partial charge in [0.2, 0.25) is 0 Å². The summed E-state index contributed by atoms with van der Waals surface area (Å²) in [4.78, 5) is 27.9. The van der Waals surface area contributed by atoms with Gasteiger partial charge in [-0.15, -0.1) is 0 Å². The second-order valence-corrected chi connectivity index (χ2v) is 9.63. The predicted octanol–water partition coefficient (Wildman–Crippen LogP) is 5.23. The lowest BCUT2D eigenvalue weighted by atomic mass is 9.84. The average Bonchev–Trinajstić information content (AvgIpc) is 3.10. The number of Topliss-reactive ketones (excluding diaryl/α,β-unsaturated/α-hetero) is 1. The molecule has 1 amide bonds. The van der Waals surface area contributed by atoms with E-state index in [0.717, 1.165) is 18.4 Å². The van der Waals surface area contributed by atoms with Crippen LogP contribution in [0.3, 0.4) is 0 Å². The Morgan fingerprint density at radius 2 is 1.57 bits per heavy atom. The SMILES string of the molecule is CCCCN1C(=O)C(=O)/C(=C(/O)c2ccc(OC)c(C(C)(C)C)c2)C1c1ccc(OC)c(OC)c1. The molecule has 1 atom stereocenters. The van der Waals surface area contributed by atoms with Crippen LogP contribution in [-0.4, -0.2) is 49.6 Å². The van der Waals surface area contributed by atoms with Crippen LogP contribution in [0.15, 0.2) is 42.0 Å². The zero-order chi connectivity index (χ0) is 25.9. The van der Waals surface area contributed by atoms with Gasteiger partial charge in [0.15, 0.2) is 11.5 Å². The van der Waals surface area contributed by atoms with Crippen molar-refractivity contribution in [3.63, 3.8) is 0 Å². The molecule has 0 aliphatic carbocycles. The third-order valence-electron chi connectivity index (χ3n) is 6.30. The summed E-state index contributed by atoms with van der Waals surface area (Å²) in [6.45, 7) is 8.55. The maximum atomic E-state index is 13.3. The molecular formula is C28H35NO6. The van der Waals surface area contributed by atoms with Crippen molar-refractivity contribution in [2.24, 2.45) is 0 Å². The normalized spacial score (nSPS) is 17.6. The highest BCUT2D eigenvalue weighted by atomic mass is 16.5. The minimum absolute atomic E-state index is 0.0587. The van der Waals surface area contributed by atoms with Crippen molar-refractivity contribution in [1.82, 2.24) is 4.90 Å². The fourth-order valence-electron chi connectivity index (χ4n) is 4.41. The molecule has 188 valence electrons. The largest absolute Gasteiger partial charge is 0.507 e. The number of carbonyl (C=O) groups excluding carboxylic acids is 2. The molecule has 0 saturated carbocycles. The zero-order valence-corrected chi connectivity index (χ0v) is 21.6. The number of aliphatic hydroxyl groups excluding tert-OH is 1. The summed E-state index contributed by atoms with van der Waals surface area (Å²) in [6.07, 6.45) is 1.59. The van der Waals surface area contributed by atoms with Crippen molar-refractivity contribution in [3.8, 4) is 17.2 Å². The monoisotopic (exact) mass is 481 g/mol. The first-order valence-electron chi connectivity index (χ1n) is 11.8. The quantitative estimate of drug-likeness (QED) is 0.316. The Hall–Kier alpha value is -3.48. The van der Waals surface area contributed by atoms with Gasteiger partial charge in [-0.25, -0.2) is 0 Å². The number of carbonyl (C=O) groups is 2. The first-order valence-corrected chi connectivity index (χ1v) is 11.8. The number of methoxy groups -OCH3 is 3. The predicted molar refractivity (Wildman–Crippen MR) is 135 cm³/mol. The minimum atomic E-state index is -0.749. The molecule has 7 heteroatoms. The van der Waals surface area contributed by atoms with Gasteiger partial charge in [-0.3, -0.25) is 9.59 Å². The van der Waals surface area contributed by atoms with E-state index < -0.39 is 17.7 Å². The number of hydrogen-bond donors (Lipinski definition) is 1. The van der Waals surface area contributed by atoms with Crippen LogP contribution in [0.2, 0.25) is 0 Å². The number of amides is 1. The lowest BCUT2D eigenvalue weighted by Gasteiger charge is -2.26. The van der Waals surface area contributed by atoms with Crippen molar-refractivity contribution in [1.29, 1.82) is 0 Å². The minimum Gasteiger partial charge on any atom is -0.507 e. The molecule has 1 aliphatic rings. The molecule has 1 N–H and O–H groups in total. The van der Waals surface area contributed by atoms with E-state index in [4.69, 9.17) is 14.2 Å². The standard InChI is InChI=1S/C28H35NO6/c1-8-9-14-29-24(17-10-13-21(34-6)22(16-17)35-7)23(26(31)27(29)32)25(30)18-11-12-20(33-5)19(15-18)28(2,3)4/h10-13,15-16,24,30H,8-9,14H2,1-7H3/b25-23+. The van der Waals surface area contributed by atoms with Crippen LogP contribution >= 0.6 is 0 Å². The molecule has 1 heterocycles. The maximum Gasteiger partial charge on any atom is 0.295 e. The number of ketones is 1. The average molecular weight is 482 g/mol. The van der Waals surface area contributed by atoms with Crippen molar-refractivity contribution in [3.05, 3.63) is 58.7 Å². The van der Waals surface area contributed by atoms with Gasteiger partial charge in [0.05, 0.1) is 32.9 Å².